The highest BCUT2D eigenvalue weighted by atomic mass is 35.5. The maximum absolute atomic E-state index is 13.1. The number of aryl methyl sites for hydroxylation is 1. The van der Waals surface area contributed by atoms with Crippen molar-refractivity contribution in [2.24, 2.45) is 11.8 Å². The van der Waals surface area contributed by atoms with Gasteiger partial charge >= 0.3 is 0 Å². The number of fused-ring (bicyclic) bond motifs is 1. The summed E-state index contributed by atoms with van der Waals surface area (Å²) in [6.07, 6.45) is 3.36. The number of nitrogens with one attached hydrogen (secondary N) is 1. The number of carbonyl (C=O) groups is 2. The van der Waals surface area contributed by atoms with E-state index in [0.717, 1.165) is 0 Å². The van der Waals surface area contributed by atoms with E-state index < -0.39 is 23.5 Å². The molecule has 0 radical (unpaired) electrons. The fourth-order valence-corrected chi connectivity index (χ4v) is 4.36. The van der Waals surface area contributed by atoms with Crippen LogP contribution in [0.4, 0.5) is 11.5 Å². The predicted molar refractivity (Wildman–Crippen MR) is 97.4 cm³/mol. The number of carbonyl (C=O) groups excluding carboxylic acids is 2. The van der Waals surface area contributed by atoms with Gasteiger partial charge in [-0.1, -0.05) is 28.9 Å². The minimum Gasteiger partial charge on any atom is -0.360 e. The first-order valence-electron chi connectivity index (χ1n) is 8.65. The monoisotopic (exact) mass is 385 g/mol. The average Bonchev–Trinajstić information content (AvgIpc) is 3.38. The lowest BCUT2D eigenvalue weighted by molar-refractivity contribution is -0.128. The number of hydrogen-bond acceptors (Lipinski definition) is 5. The van der Waals surface area contributed by atoms with Crippen LogP contribution in [0.5, 0.6) is 0 Å². The third kappa shape index (κ3) is 2.42. The number of ether oxygens (including phenoxy) is 1. The Morgan fingerprint density at radius 2 is 2.15 bits per heavy atom. The smallest absolute Gasteiger partial charge is 0.235 e. The molecular weight excluding hydrogens is 370 g/mol. The zero-order valence-electron chi connectivity index (χ0n) is 14.4. The maximum atomic E-state index is 13.1. The molecule has 0 unspecified atom stereocenters. The van der Waals surface area contributed by atoms with E-state index in [4.69, 9.17) is 20.9 Å². The summed E-state index contributed by atoms with van der Waals surface area (Å²) in [5.41, 5.74) is -0.170. The second kappa shape index (κ2) is 5.68. The van der Waals surface area contributed by atoms with E-state index in [0.29, 0.717) is 28.8 Å². The summed E-state index contributed by atoms with van der Waals surface area (Å²) in [6.45, 7) is 2.08. The standard InChI is InChI=1S/C19H16ClN3O4/c1-10-8-14(22-27-10)23-9-19-7-6-13(26-19)15(16(19)18(23)25)17(24)21-12-4-2-11(20)3-5-12/h2-8,13,15-16H,9H2,1H3,(H,21,24)/t13-,15-,16+,19-/m1/s1. The number of halogens is 1. The van der Waals surface area contributed by atoms with Gasteiger partial charge in [0.05, 0.1) is 24.5 Å². The van der Waals surface area contributed by atoms with Crippen LogP contribution in [-0.4, -0.2) is 35.2 Å². The van der Waals surface area contributed by atoms with Crippen LogP contribution in [0.3, 0.4) is 0 Å². The minimum absolute atomic E-state index is 0.175. The number of aromatic nitrogens is 1. The largest absolute Gasteiger partial charge is 0.360 e. The number of anilines is 2. The van der Waals surface area contributed by atoms with E-state index in [1.165, 1.54) is 4.90 Å². The summed E-state index contributed by atoms with van der Waals surface area (Å²) in [5.74, 6) is -0.548. The van der Waals surface area contributed by atoms with Gasteiger partial charge in [0.25, 0.3) is 0 Å². The van der Waals surface area contributed by atoms with Gasteiger partial charge in [0, 0.05) is 16.8 Å². The van der Waals surface area contributed by atoms with Gasteiger partial charge in [-0.3, -0.25) is 14.5 Å². The molecule has 1 N–H and O–H groups in total. The van der Waals surface area contributed by atoms with E-state index in [-0.39, 0.29) is 11.8 Å². The van der Waals surface area contributed by atoms with Crippen LogP contribution in [0.25, 0.3) is 0 Å². The molecule has 3 aliphatic rings. The Morgan fingerprint density at radius 1 is 1.37 bits per heavy atom. The van der Waals surface area contributed by atoms with E-state index in [1.54, 1.807) is 37.3 Å². The van der Waals surface area contributed by atoms with Crippen molar-refractivity contribution in [3.63, 3.8) is 0 Å². The van der Waals surface area contributed by atoms with Crippen molar-refractivity contribution in [1.82, 2.24) is 5.16 Å². The van der Waals surface area contributed by atoms with Gasteiger partial charge in [0.15, 0.2) is 5.82 Å². The second-order valence-corrected chi connectivity index (χ2v) is 7.55. The summed E-state index contributed by atoms with van der Waals surface area (Å²) >= 11 is 5.89. The number of nitrogens with zero attached hydrogens (tertiary/aromatic N) is 2. The van der Waals surface area contributed by atoms with Crippen LogP contribution in [-0.2, 0) is 14.3 Å². The first-order chi connectivity index (χ1) is 13.0. The molecule has 5 rings (SSSR count). The van der Waals surface area contributed by atoms with Crippen LogP contribution in [0.1, 0.15) is 5.76 Å². The first-order valence-corrected chi connectivity index (χ1v) is 9.03. The van der Waals surface area contributed by atoms with Gasteiger partial charge in [-0.25, -0.2) is 0 Å². The summed E-state index contributed by atoms with van der Waals surface area (Å²) in [7, 11) is 0. The van der Waals surface area contributed by atoms with Crippen LogP contribution in [0.2, 0.25) is 5.02 Å². The normalized spacial score (nSPS) is 30.8. The quantitative estimate of drug-likeness (QED) is 0.821. The van der Waals surface area contributed by atoms with Crippen molar-refractivity contribution in [2.75, 3.05) is 16.8 Å². The number of benzene rings is 1. The summed E-state index contributed by atoms with van der Waals surface area (Å²) < 4.78 is 11.2. The van der Waals surface area contributed by atoms with Crippen molar-refractivity contribution < 1.29 is 18.8 Å². The molecule has 1 spiro atoms. The molecule has 2 saturated heterocycles. The molecule has 138 valence electrons. The van der Waals surface area contributed by atoms with Crippen molar-refractivity contribution in [3.05, 3.63) is 53.3 Å². The second-order valence-electron chi connectivity index (χ2n) is 7.12. The van der Waals surface area contributed by atoms with Crippen LogP contribution < -0.4 is 10.2 Å². The first kappa shape index (κ1) is 16.5. The van der Waals surface area contributed by atoms with Gasteiger partial charge in [-0.05, 0) is 31.2 Å². The van der Waals surface area contributed by atoms with Crippen LogP contribution in [0, 0.1) is 18.8 Å². The maximum Gasteiger partial charge on any atom is 0.235 e. The predicted octanol–water partition coefficient (Wildman–Crippen LogP) is 2.56. The summed E-state index contributed by atoms with van der Waals surface area (Å²) in [5, 5.41) is 7.39. The number of amides is 2. The van der Waals surface area contributed by atoms with E-state index in [2.05, 4.69) is 10.5 Å². The Bertz CT molecular complexity index is 970. The molecule has 0 saturated carbocycles. The highest BCUT2D eigenvalue weighted by Crippen LogP contribution is 2.52. The zero-order chi connectivity index (χ0) is 18.8. The van der Waals surface area contributed by atoms with Gasteiger partial charge in [0.2, 0.25) is 11.8 Å². The van der Waals surface area contributed by atoms with Crippen molar-refractivity contribution in [2.45, 2.75) is 18.6 Å². The summed E-state index contributed by atoms with van der Waals surface area (Å²) in [6, 6.07) is 8.55. The van der Waals surface area contributed by atoms with Crippen molar-refractivity contribution in [3.8, 4) is 0 Å². The van der Waals surface area contributed by atoms with Crippen LogP contribution >= 0.6 is 11.6 Å². The zero-order valence-corrected chi connectivity index (χ0v) is 15.1. The molecule has 4 heterocycles. The Kier molecular flexibility index (Phi) is 3.47. The molecule has 4 atom stereocenters. The SMILES string of the molecule is Cc1cc(N2C[C@@]34C=C[C@@H](O3)[C@@H](C(=O)Nc3ccc(Cl)cc3)[C@H]4C2=O)no1. The Balaban J connectivity index is 1.43. The average molecular weight is 386 g/mol. The van der Waals surface area contributed by atoms with E-state index >= 15 is 0 Å². The third-order valence-corrected chi connectivity index (χ3v) is 5.66. The van der Waals surface area contributed by atoms with Crippen molar-refractivity contribution in [1.29, 1.82) is 0 Å². The lowest BCUT2D eigenvalue weighted by Crippen LogP contribution is -2.41. The highest BCUT2D eigenvalue weighted by molar-refractivity contribution is 6.30. The molecule has 1 aromatic carbocycles. The molecule has 7 nitrogen and oxygen atoms in total. The van der Waals surface area contributed by atoms with Crippen LogP contribution in [0.15, 0.2) is 47.0 Å². The molecule has 0 aliphatic carbocycles. The van der Waals surface area contributed by atoms with Gasteiger partial charge < -0.3 is 14.6 Å². The summed E-state index contributed by atoms with van der Waals surface area (Å²) in [4.78, 5) is 27.6. The van der Waals surface area contributed by atoms with Gasteiger partial charge in [-0.2, -0.15) is 0 Å². The molecule has 2 fully saturated rings. The molecule has 3 aliphatic heterocycles. The van der Waals surface area contributed by atoms with Gasteiger partial charge in [-0.15, -0.1) is 0 Å². The molecule has 2 aromatic rings. The fourth-order valence-electron chi connectivity index (χ4n) is 4.23. The van der Waals surface area contributed by atoms with E-state index in [1.807, 2.05) is 12.2 Å². The molecule has 2 amide bonds. The number of hydrogen-bond donors (Lipinski definition) is 1. The molecule has 8 heteroatoms. The Hall–Kier alpha value is -2.64. The lowest BCUT2D eigenvalue weighted by atomic mass is 9.77. The Labute approximate surface area is 159 Å². The molecule has 2 bridgehead atoms. The minimum atomic E-state index is -0.795. The van der Waals surface area contributed by atoms with E-state index in [9.17, 15) is 9.59 Å². The fraction of sp³-hybridized carbons (Fsp3) is 0.316. The highest BCUT2D eigenvalue weighted by Gasteiger charge is 2.67. The lowest BCUT2D eigenvalue weighted by Gasteiger charge is -2.23. The Morgan fingerprint density at radius 3 is 2.85 bits per heavy atom. The van der Waals surface area contributed by atoms with Gasteiger partial charge in [0.1, 0.15) is 11.4 Å². The molecule has 27 heavy (non-hydrogen) atoms. The number of rotatable bonds is 3. The van der Waals surface area contributed by atoms with Crippen molar-refractivity contribution >= 4 is 34.9 Å². The molecule has 1 aromatic heterocycles. The third-order valence-electron chi connectivity index (χ3n) is 5.41. The topological polar surface area (TPSA) is 84.7 Å². The molecular formula is C19H16ClN3O4.